The molecule has 0 amide bonds. The van der Waals surface area contributed by atoms with Gasteiger partial charge in [0.05, 0.1) is 19.8 Å². The molecule has 0 spiro atoms. The Morgan fingerprint density at radius 3 is 2.88 bits per heavy atom. The Labute approximate surface area is 95.8 Å². The van der Waals surface area contributed by atoms with Crippen LogP contribution in [0.5, 0.6) is 5.75 Å². The van der Waals surface area contributed by atoms with Crippen LogP contribution in [0.2, 0.25) is 0 Å². The van der Waals surface area contributed by atoms with Crippen molar-refractivity contribution in [3.05, 3.63) is 29.3 Å². The lowest BCUT2D eigenvalue weighted by Gasteiger charge is -2.07. The number of hydrogen-bond acceptors (Lipinski definition) is 3. The van der Waals surface area contributed by atoms with Crippen LogP contribution < -0.4 is 4.74 Å². The minimum Gasteiger partial charge on any atom is -0.497 e. The highest BCUT2D eigenvalue weighted by atomic mass is 16.5. The van der Waals surface area contributed by atoms with Crippen molar-refractivity contribution in [3.63, 3.8) is 0 Å². The van der Waals surface area contributed by atoms with Gasteiger partial charge < -0.3 is 9.84 Å². The van der Waals surface area contributed by atoms with Gasteiger partial charge in [-0.05, 0) is 49.1 Å². The van der Waals surface area contributed by atoms with Gasteiger partial charge in [0.15, 0.2) is 0 Å². The number of ether oxygens (including phenoxy) is 1. The van der Waals surface area contributed by atoms with Gasteiger partial charge in [0.2, 0.25) is 0 Å². The van der Waals surface area contributed by atoms with Crippen molar-refractivity contribution in [1.29, 1.82) is 0 Å². The smallest absolute Gasteiger partial charge is 0.119 e. The molecule has 1 aliphatic rings. The maximum absolute atomic E-state index is 9.06. The maximum Gasteiger partial charge on any atom is 0.119 e. The summed E-state index contributed by atoms with van der Waals surface area (Å²) in [5.74, 6) is 0.874. The van der Waals surface area contributed by atoms with Crippen LogP contribution in [0.1, 0.15) is 24.0 Å². The number of aryl methyl sites for hydroxylation is 1. The second-order valence-electron chi connectivity index (χ2n) is 4.13. The molecule has 1 heterocycles. The van der Waals surface area contributed by atoms with Gasteiger partial charge in [0.1, 0.15) is 5.75 Å². The van der Waals surface area contributed by atoms with E-state index >= 15 is 0 Å². The molecule has 0 aliphatic carbocycles. The summed E-state index contributed by atoms with van der Waals surface area (Å²) in [6, 6.07) is 6.12. The molecule has 1 N–H and O–H groups in total. The summed E-state index contributed by atoms with van der Waals surface area (Å²) < 4.78 is 5.18. The zero-order valence-electron chi connectivity index (χ0n) is 9.73. The number of nitrogens with zero attached hydrogens (tertiary/aromatic N) is 1. The lowest BCUT2D eigenvalue weighted by atomic mass is 10.0. The van der Waals surface area contributed by atoms with Gasteiger partial charge >= 0.3 is 0 Å². The van der Waals surface area contributed by atoms with E-state index in [1.54, 1.807) is 7.11 Å². The molecule has 0 fully saturated rings. The monoisotopic (exact) mass is 219 g/mol. The molecule has 0 saturated carbocycles. The average molecular weight is 219 g/mol. The molecule has 0 saturated heterocycles. The van der Waals surface area contributed by atoms with Crippen LogP contribution in [0.4, 0.5) is 0 Å². The Morgan fingerprint density at radius 1 is 1.50 bits per heavy atom. The number of aliphatic imine (C=N–C) groups is 1. The van der Waals surface area contributed by atoms with E-state index in [0.717, 1.165) is 24.3 Å². The number of aliphatic hydroxyl groups excluding tert-OH is 1. The third-order valence-electron chi connectivity index (χ3n) is 3.01. The molecule has 3 nitrogen and oxygen atoms in total. The van der Waals surface area contributed by atoms with Gasteiger partial charge in [-0.1, -0.05) is 0 Å². The van der Waals surface area contributed by atoms with E-state index < -0.39 is 0 Å². The molecule has 1 aromatic carbocycles. The molecule has 1 aromatic rings. The van der Waals surface area contributed by atoms with Crippen LogP contribution in [0.25, 0.3) is 0 Å². The van der Waals surface area contributed by atoms with E-state index in [-0.39, 0.29) is 12.6 Å². The summed E-state index contributed by atoms with van der Waals surface area (Å²) in [5.41, 5.74) is 3.47. The minimum atomic E-state index is 0.0940. The fourth-order valence-corrected chi connectivity index (χ4v) is 2.08. The molecule has 86 valence electrons. The lowest BCUT2D eigenvalue weighted by molar-refractivity contribution is 0.267. The number of methoxy groups -OCH3 is 1. The summed E-state index contributed by atoms with van der Waals surface area (Å²) in [6.07, 6.45) is 1.91. The van der Waals surface area contributed by atoms with Crippen molar-refractivity contribution < 1.29 is 9.84 Å². The van der Waals surface area contributed by atoms with Crippen LogP contribution in [-0.4, -0.2) is 30.6 Å². The second kappa shape index (κ2) is 4.66. The van der Waals surface area contributed by atoms with Crippen LogP contribution >= 0.6 is 0 Å². The van der Waals surface area contributed by atoms with E-state index in [9.17, 15) is 0 Å². The lowest BCUT2D eigenvalue weighted by Crippen LogP contribution is -2.04. The van der Waals surface area contributed by atoms with Crippen molar-refractivity contribution in [3.8, 4) is 5.75 Å². The first-order valence-corrected chi connectivity index (χ1v) is 5.57. The Hall–Kier alpha value is -1.35. The zero-order valence-corrected chi connectivity index (χ0v) is 9.73. The van der Waals surface area contributed by atoms with Crippen LogP contribution in [0, 0.1) is 6.92 Å². The molecule has 0 aromatic heterocycles. The number of benzene rings is 1. The van der Waals surface area contributed by atoms with Crippen molar-refractivity contribution in [1.82, 2.24) is 0 Å². The van der Waals surface area contributed by atoms with Gasteiger partial charge in [-0.2, -0.15) is 0 Å². The summed E-state index contributed by atoms with van der Waals surface area (Å²) in [6.45, 7) is 2.21. The molecule has 2 rings (SSSR count). The average Bonchev–Trinajstić information content (AvgIpc) is 2.77. The van der Waals surface area contributed by atoms with Gasteiger partial charge in [0.25, 0.3) is 0 Å². The summed E-state index contributed by atoms with van der Waals surface area (Å²) in [4.78, 5) is 4.52. The zero-order chi connectivity index (χ0) is 11.5. The number of rotatable bonds is 3. The molecule has 1 atom stereocenters. The number of hydrogen-bond donors (Lipinski definition) is 1. The first-order chi connectivity index (χ1) is 7.74. The second-order valence-corrected chi connectivity index (χ2v) is 4.13. The molecule has 1 unspecified atom stereocenters. The van der Waals surface area contributed by atoms with Crippen molar-refractivity contribution in [2.24, 2.45) is 4.99 Å². The highest BCUT2D eigenvalue weighted by Gasteiger charge is 2.18. The molecule has 0 bridgehead atoms. The quantitative estimate of drug-likeness (QED) is 0.844. The minimum absolute atomic E-state index is 0.0940. The van der Waals surface area contributed by atoms with E-state index in [1.165, 1.54) is 11.1 Å². The summed E-state index contributed by atoms with van der Waals surface area (Å²) in [5, 5.41) is 9.06. The fourth-order valence-electron chi connectivity index (χ4n) is 2.08. The maximum atomic E-state index is 9.06. The van der Waals surface area contributed by atoms with E-state index in [1.807, 2.05) is 18.2 Å². The Kier molecular flexibility index (Phi) is 3.25. The van der Waals surface area contributed by atoms with Crippen LogP contribution in [0.3, 0.4) is 0 Å². The topological polar surface area (TPSA) is 41.8 Å². The highest BCUT2D eigenvalue weighted by molar-refractivity contribution is 6.03. The molecular weight excluding hydrogens is 202 g/mol. The van der Waals surface area contributed by atoms with E-state index in [4.69, 9.17) is 9.84 Å². The van der Waals surface area contributed by atoms with Crippen LogP contribution in [-0.2, 0) is 0 Å². The van der Waals surface area contributed by atoms with Gasteiger partial charge in [0, 0.05) is 5.71 Å². The number of aliphatic hydroxyl groups is 1. The largest absolute Gasteiger partial charge is 0.497 e. The molecular formula is C13H17NO2. The van der Waals surface area contributed by atoms with Crippen molar-refractivity contribution in [2.45, 2.75) is 25.8 Å². The van der Waals surface area contributed by atoms with Gasteiger partial charge in [-0.3, -0.25) is 4.99 Å². The fraction of sp³-hybridized carbons (Fsp3) is 0.462. The van der Waals surface area contributed by atoms with Crippen molar-refractivity contribution >= 4 is 5.71 Å². The Morgan fingerprint density at radius 2 is 2.31 bits per heavy atom. The van der Waals surface area contributed by atoms with Crippen LogP contribution in [0.15, 0.2) is 23.2 Å². The normalized spacial score (nSPS) is 19.7. The predicted octanol–water partition coefficient (Wildman–Crippen LogP) is 1.95. The summed E-state index contributed by atoms with van der Waals surface area (Å²) >= 11 is 0. The third kappa shape index (κ3) is 2.09. The van der Waals surface area contributed by atoms with E-state index in [0.29, 0.717) is 0 Å². The van der Waals surface area contributed by atoms with Gasteiger partial charge in [-0.15, -0.1) is 0 Å². The molecule has 1 aliphatic heterocycles. The van der Waals surface area contributed by atoms with Crippen molar-refractivity contribution in [2.75, 3.05) is 13.7 Å². The molecule has 0 radical (unpaired) electrons. The SMILES string of the molecule is COc1ccc(C2=NC(CO)CC2)c(C)c1. The Balaban J connectivity index is 2.28. The first-order valence-electron chi connectivity index (χ1n) is 5.57. The first kappa shape index (κ1) is 11.1. The van der Waals surface area contributed by atoms with E-state index in [2.05, 4.69) is 11.9 Å². The molecule has 3 heteroatoms. The standard InChI is InChI=1S/C13H17NO2/c1-9-7-11(16-2)4-5-12(9)13-6-3-10(8-15)14-13/h4-5,7,10,15H,3,6,8H2,1-2H3. The molecule has 16 heavy (non-hydrogen) atoms. The Bertz CT molecular complexity index is 412. The summed E-state index contributed by atoms with van der Waals surface area (Å²) in [7, 11) is 1.67. The third-order valence-corrected chi connectivity index (χ3v) is 3.01. The predicted molar refractivity (Wildman–Crippen MR) is 64.4 cm³/mol. The van der Waals surface area contributed by atoms with Gasteiger partial charge in [-0.25, -0.2) is 0 Å². The highest BCUT2D eigenvalue weighted by Crippen LogP contribution is 2.23.